The molecule has 0 atom stereocenters. The van der Waals surface area contributed by atoms with Gasteiger partial charge in [-0.1, -0.05) is 0 Å². The molecule has 0 saturated carbocycles. The second-order valence-corrected chi connectivity index (χ2v) is 5.95. The average Bonchev–Trinajstić information content (AvgIpc) is 2.59. The molecule has 2 aromatic carbocycles. The van der Waals surface area contributed by atoms with Gasteiger partial charge in [0.25, 0.3) is 0 Å². The van der Waals surface area contributed by atoms with Crippen LogP contribution in [-0.4, -0.2) is 48.6 Å². The van der Waals surface area contributed by atoms with E-state index in [1.807, 2.05) is 17.0 Å². The van der Waals surface area contributed by atoms with Crippen molar-refractivity contribution in [2.75, 3.05) is 42.9 Å². The fourth-order valence-electron chi connectivity index (χ4n) is 2.81. The van der Waals surface area contributed by atoms with Crippen LogP contribution in [0, 0.1) is 11.6 Å². The predicted octanol–water partition coefficient (Wildman–Crippen LogP) is 2.43. The molecule has 1 amide bonds. The van der Waals surface area contributed by atoms with Gasteiger partial charge in [0.1, 0.15) is 17.4 Å². The second-order valence-electron chi connectivity index (χ2n) is 5.95. The van der Waals surface area contributed by atoms with Gasteiger partial charge in [-0.05, 0) is 36.4 Å². The zero-order valence-corrected chi connectivity index (χ0v) is 13.6. The number of piperazine rings is 1. The van der Waals surface area contributed by atoms with Crippen LogP contribution in [0.4, 0.5) is 20.2 Å². The summed E-state index contributed by atoms with van der Waals surface area (Å²) < 4.78 is 26.4. The molecule has 0 bridgehead atoms. The number of phenols is 1. The normalized spacial score (nSPS) is 15.2. The van der Waals surface area contributed by atoms with E-state index in [2.05, 4.69) is 10.2 Å². The van der Waals surface area contributed by atoms with E-state index in [1.54, 1.807) is 12.1 Å². The first-order valence-corrected chi connectivity index (χ1v) is 8.02. The van der Waals surface area contributed by atoms with Crippen LogP contribution in [0.2, 0.25) is 0 Å². The third-order valence-corrected chi connectivity index (χ3v) is 4.16. The van der Waals surface area contributed by atoms with Crippen molar-refractivity contribution < 1.29 is 18.7 Å². The predicted molar refractivity (Wildman–Crippen MR) is 91.7 cm³/mol. The molecule has 1 heterocycles. The van der Waals surface area contributed by atoms with Gasteiger partial charge in [0, 0.05) is 37.9 Å². The smallest absolute Gasteiger partial charge is 0.238 e. The molecule has 1 aliphatic rings. The molecule has 0 aromatic heterocycles. The van der Waals surface area contributed by atoms with Crippen LogP contribution in [0.25, 0.3) is 0 Å². The third kappa shape index (κ3) is 4.45. The molecule has 132 valence electrons. The maximum Gasteiger partial charge on any atom is 0.238 e. The first kappa shape index (κ1) is 17.2. The number of carbonyl (C=O) groups excluding carboxylic acids is 1. The minimum Gasteiger partial charge on any atom is -0.508 e. The van der Waals surface area contributed by atoms with Gasteiger partial charge in [-0.25, -0.2) is 8.78 Å². The molecular weight excluding hydrogens is 328 g/mol. The number of anilines is 2. The Bertz CT molecular complexity index is 744. The van der Waals surface area contributed by atoms with Gasteiger partial charge >= 0.3 is 0 Å². The summed E-state index contributed by atoms with van der Waals surface area (Å²) in [7, 11) is 0. The summed E-state index contributed by atoms with van der Waals surface area (Å²) in [5, 5.41) is 11.8. The van der Waals surface area contributed by atoms with E-state index in [-0.39, 0.29) is 23.9 Å². The molecule has 2 N–H and O–H groups in total. The van der Waals surface area contributed by atoms with Gasteiger partial charge in [-0.3, -0.25) is 9.69 Å². The van der Waals surface area contributed by atoms with Gasteiger partial charge in [0.15, 0.2) is 0 Å². The van der Waals surface area contributed by atoms with E-state index < -0.39 is 11.6 Å². The number of carbonyl (C=O) groups is 1. The van der Waals surface area contributed by atoms with Crippen LogP contribution >= 0.6 is 0 Å². The molecule has 0 radical (unpaired) electrons. The lowest BCUT2D eigenvalue weighted by atomic mass is 10.2. The SMILES string of the molecule is O=C(CN1CCN(c2ccc(O)cc2)CC1)Nc1ccc(F)cc1F. The lowest BCUT2D eigenvalue weighted by Crippen LogP contribution is -2.48. The highest BCUT2D eigenvalue weighted by molar-refractivity contribution is 5.92. The summed E-state index contributed by atoms with van der Waals surface area (Å²) in [6, 6.07) is 10.1. The Labute approximate surface area is 144 Å². The van der Waals surface area contributed by atoms with Gasteiger partial charge in [0.05, 0.1) is 12.2 Å². The van der Waals surface area contributed by atoms with Crippen molar-refractivity contribution in [2.45, 2.75) is 0 Å². The van der Waals surface area contributed by atoms with Crippen molar-refractivity contribution in [1.29, 1.82) is 0 Å². The number of rotatable bonds is 4. The number of aromatic hydroxyl groups is 1. The first-order valence-electron chi connectivity index (χ1n) is 8.02. The summed E-state index contributed by atoms with van der Waals surface area (Å²) >= 11 is 0. The van der Waals surface area contributed by atoms with Crippen molar-refractivity contribution in [2.24, 2.45) is 0 Å². The molecule has 0 aliphatic carbocycles. The monoisotopic (exact) mass is 347 g/mol. The fraction of sp³-hybridized carbons (Fsp3) is 0.278. The van der Waals surface area contributed by atoms with Gasteiger partial charge in [-0.15, -0.1) is 0 Å². The molecule has 0 spiro atoms. The van der Waals surface area contributed by atoms with E-state index in [1.165, 1.54) is 6.07 Å². The van der Waals surface area contributed by atoms with Gasteiger partial charge in [-0.2, -0.15) is 0 Å². The highest BCUT2D eigenvalue weighted by atomic mass is 19.1. The number of nitrogens with zero attached hydrogens (tertiary/aromatic N) is 2. The highest BCUT2D eigenvalue weighted by Gasteiger charge is 2.19. The van der Waals surface area contributed by atoms with Crippen molar-refractivity contribution >= 4 is 17.3 Å². The number of nitrogens with one attached hydrogen (secondary N) is 1. The lowest BCUT2D eigenvalue weighted by molar-refractivity contribution is -0.117. The van der Waals surface area contributed by atoms with E-state index >= 15 is 0 Å². The third-order valence-electron chi connectivity index (χ3n) is 4.16. The van der Waals surface area contributed by atoms with Crippen LogP contribution in [0.3, 0.4) is 0 Å². The Morgan fingerprint density at radius 2 is 1.72 bits per heavy atom. The van der Waals surface area contributed by atoms with Crippen molar-refractivity contribution in [3.05, 3.63) is 54.1 Å². The molecule has 3 rings (SSSR count). The van der Waals surface area contributed by atoms with Crippen molar-refractivity contribution in [1.82, 2.24) is 4.90 Å². The summed E-state index contributed by atoms with van der Waals surface area (Å²) in [5.41, 5.74) is 1.00. The standard InChI is InChI=1S/C18H19F2N3O2/c19-13-1-6-17(16(20)11-13)21-18(25)12-22-7-9-23(10-8-22)14-2-4-15(24)5-3-14/h1-6,11,24H,7-10,12H2,(H,21,25). The van der Waals surface area contributed by atoms with E-state index in [0.717, 1.165) is 30.9 Å². The Morgan fingerprint density at radius 1 is 1.04 bits per heavy atom. The lowest BCUT2D eigenvalue weighted by Gasteiger charge is -2.35. The van der Waals surface area contributed by atoms with Crippen molar-refractivity contribution in [3.8, 4) is 5.75 Å². The quantitative estimate of drug-likeness (QED) is 0.892. The molecule has 7 heteroatoms. The molecule has 25 heavy (non-hydrogen) atoms. The van der Waals surface area contributed by atoms with Crippen molar-refractivity contribution in [3.63, 3.8) is 0 Å². The van der Waals surface area contributed by atoms with Crippen LogP contribution in [0.1, 0.15) is 0 Å². The summed E-state index contributed by atoms with van der Waals surface area (Å²) in [4.78, 5) is 16.2. The Hall–Kier alpha value is -2.67. The first-order chi connectivity index (χ1) is 12.0. The Balaban J connectivity index is 1.50. The molecule has 2 aromatic rings. The topological polar surface area (TPSA) is 55.8 Å². The number of hydrogen-bond acceptors (Lipinski definition) is 4. The van der Waals surface area contributed by atoms with Crippen LogP contribution in [0.5, 0.6) is 5.75 Å². The van der Waals surface area contributed by atoms with Crippen LogP contribution in [-0.2, 0) is 4.79 Å². The van der Waals surface area contributed by atoms with E-state index in [9.17, 15) is 18.7 Å². The van der Waals surface area contributed by atoms with Crippen LogP contribution in [0.15, 0.2) is 42.5 Å². The minimum absolute atomic E-state index is 0.0193. The highest BCUT2D eigenvalue weighted by Crippen LogP contribution is 2.20. The largest absolute Gasteiger partial charge is 0.508 e. The fourth-order valence-corrected chi connectivity index (χ4v) is 2.81. The molecular formula is C18H19F2N3O2. The number of halogens is 2. The molecule has 0 unspecified atom stereocenters. The summed E-state index contributed by atoms with van der Waals surface area (Å²) in [6.07, 6.45) is 0. The van der Waals surface area contributed by atoms with Gasteiger partial charge in [0.2, 0.25) is 5.91 Å². The minimum atomic E-state index is -0.787. The maximum absolute atomic E-state index is 13.6. The molecule has 1 saturated heterocycles. The zero-order chi connectivity index (χ0) is 17.8. The van der Waals surface area contributed by atoms with Gasteiger partial charge < -0.3 is 15.3 Å². The number of hydrogen-bond donors (Lipinski definition) is 2. The summed E-state index contributed by atoms with van der Waals surface area (Å²) in [6.45, 7) is 3.05. The number of benzene rings is 2. The molecule has 1 aliphatic heterocycles. The molecule has 5 nitrogen and oxygen atoms in total. The Morgan fingerprint density at radius 3 is 2.36 bits per heavy atom. The maximum atomic E-state index is 13.6. The van der Waals surface area contributed by atoms with E-state index in [0.29, 0.717) is 13.1 Å². The average molecular weight is 347 g/mol. The second kappa shape index (κ2) is 7.48. The number of amides is 1. The van der Waals surface area contributed by atoms with Crippen LogP contribution < -0.4 is 10.2 Å². The summed E-state index contributed by atoms with van der Waals surface area (Å²) in [5.74, 6) is -1.57. The zero-order valence-electron chi connectivity index (χ0n) is 13.6. The molecule has 1 fully saturated rings. The number of phenolic OH excluding ortho intramolecular Hbond substituents is 1. The Kier molecular flexibility index (Phi) is 5.14. The van der Waals surface area contributed by atoms with E-state index in [4.69, 9.17) is 0 Å².